The second kappa shape index (κ2) is 11.3. The highest BCUT2D eigenvalue weighted by atomic mass is 16.6. The van der Waals surface area contributed by atoms with Crippen LogP contribution in [0.3, 0.4) is 0 Å². The van der Waals surface area contributed by atoms with Gasteiger partial charge in [0.05, 0.1) is 12.6 Å². The summed E-state index contributed by atoms with van der Waals surface area (Å²) in [6, 6.07) is -3.13. The van der Waals surface area contributed by atoms with Crippen molar-refractivity contribution in [2.45, 2.75) is 105 Å². The van der Waals surface area contributed by atoms with Crippen molar-refractivity contribution in [3.63, 3.8) is 0 Å². The Labute approximate surface area is 198 Å². The van der Waals surface area contributed by atoms with E-state index in [1.54, 1.807) is 55.4 Å². The zero-order chi connectivity index (χ0) is 25.7. The van der Waals surface area contributed by atoms with E-state index >= 15 is 0 Å². The van der Waals surface area contributed by atoms with Crippen LogP contribution in [0.25, 0.3) is 0 Å². The summed E-state index contributed by atoms with van der Waals surface area (Å²) in [6.07, 6.45) is 0.467. The molecule has 0 saturated carbocycles. The third kappa shape index (κ3) is 9.31. The molecule has 0 bridgehead atoms. The standard InChI is InChI=1S/C24H43N3O6/c1-13(2)11-16(19(28)24(10)12-32-24)25-20(29)17(14(3)4)26-22(31)27-18(15(5)6)21(30)33-23(7,8)9/h13-18H,11-12H2,1-10H3,(H,25,29)(H2,26,27,31)/t16-,17-,18-,24+/m0/s1. The molecule has 1 heterocycles. The Balaban J connectivity index is 2.89. The third-order valence-electron chi connectivity index (χ3n) is 5.29. The summed E-state index contributed by atoms with van der Waals surface area (Å²) in [6.45, 7) is 18.4. The molecule has 1 saturated heterocycles. The summed E-state index contributed by atoms with van der Waals surface area (Å²) in [4.78, 5) is 51.1. The average molecular weight is 470 g/mol. The number of hydrogen-bond donors (Lipinski definition) is 3. The number of carbonyl (C=O) groups is 4. The SMILES string of the molecule is CC(C)C[C@H](NC(=O)[C@@H](NC(=O)N[C@H](C(=O)OC(C)(C)C)C(C)C)C(C)C)C(=O)[C@@]1(C)CO1. The maximum absolute atomic E-state index is 13.1. The van der Waals surface area contributed by atoms with E-state index < -0.39 is 47.2 Å². The second-order valence-corrected chi connectivity index (χ2v) is 11.2. The zero-order valence-corrected chi connectivity index (χ0v) is 21.8. The summed E-state index contributed by atoms with van der Waals surface area (Å²) in [5.74, 6) is -1.46. The van der Waals surface area contributed by atoms with Crippen molar-refractivity contribution in [2.24, 2.45) is 17.8 Å². The van der Waals surface area contributed by atoms with Crippen molar-refractivity contribution >= 4 is 23.7 Å². The fourth-order valence-corrected chi connectivity index (χ4v) is 3.31. The quantitative estimate of drug-likeness (QED) is 0.315. The van der Waals surface area contributed by atoms with Crippen molar-refractivity contribution in [3.05, 3.63) is 0 Å². The van der Waals surface area contributed by atoms with E-state index in [2.05, 4.69) is 16.0 Å². The normalized spacial score (nSPS) is 20.8. The van der Waals surface area contributed by atoms with E-state index in [9.17, 15) is 19.2 Å². The number of Topliss-reactive ketones (excluding diaryl/α,β-unsaturated/α-hetero) is 1. The number of ether oxygens (including phenoxy) is 2. The lowest BCUT2D eigenvalue weighted by Gasteiger charge is -2.29. The van der Waals surface area contributed by atoms with Crippen molar-refractivity contribution in [2.75, 3.05) is 6.61 Å². The number of esters is 1. The fourth-order valence-electron chi connectivity index (χ4n) is 3.31. The van der Waals surface area contributed by atoms with Gasteiger partial charge in [-0.2, -0.15) is 0 Å². The number of amides is 3. The monoisotopic (exact) mass is 469 g/mol. The lowest BCUT2D eigenvalue weighted by molar-refractivity contribution is -0.158. The summed E-state index contributed by atoms with van der Waals surface area (Å²) in [5.41, 5.74) is -1.55. The van der Waals surface area contributed by atoms with Crippen molar-refractivity contribution in [3.8, 4) is 0 Å². The van der Waals surface area contributed by atoms with Crippen LogP contribution in [0, 0.1) is 17.8 Å². The van der Waals surface area contributed by atoms with Gasteiger partial charge in [-0.1, -0.05) is 41.5 Å². The number of rotatable bonds is 11. The van der Waals surface area contributed by atoms with E-state index in [1.807, 2.05) is 13.8 Å². The van der Waals surface area contributed by atoms with Crippen LogP contribution in [0.4, 0.5) is 4.79 Å². The average Bonchev–Trinajstić information content (AvgIpc) is 3.39. The first-order chi connectivity index (χ1) is 15.0. The first kappa shape index (κ1) is 28.9. The molecule has 33 heavy (non-hydrogen) atoms. The molecular weight excluding hydrogens is 426 g/mol. The first-order valence-electron chi connectivity index (χ1n) is 11.8. The number of epoxide rings is 1. The number of carbonyl (C=O) groups excluding carboxylic acids is 4. The lowest BCUT2D eigenvalue weighted by atomic mass is 9.92. The summed E-state index contributed by atoms with van der Waals surface area (Å²) >= 11 is 0. The molecule has 0 aromatic heterocycles. The van der Waals surface area contributed by atoms with E-state index in [1.165, 1.54) is 0 Å². The minimum atomic E-state index is -0.896. The predicted octanol–water partition coefficient (Wildman–Crippen LogP) is 2.57. The number of urea groups is 1. The van der Waals surface area contributed by atoms with Crippen LogP contribution < -0.4 is 16.0 Å². The van der Waals surface area contributed by atoms with Crippen LogP contribution in [-0.2, 0) is 23.9 Å². The Morgan fingerprint density at radius 2 is 1.39 bits per heavy atom. The van der Waals surface area contributed by atoms with Gasteiger partial charge < -0.3 is 25.4 Å². The maximum Gasteiger partial charge on any atom is 0.329 e. The molecule has 0 unspecified atom stereocenters. The van der Waals surface area contributed by atoms with E-state index in [0.717, 1.165) is 0 Å². The molecule has 1 rings (SSSR count). The van der Waals surface area contributed by atoms with E-state index in [0.29, 0.717) is 13.0 Å². The lowest BCUT2D eigenvalue weighted by Crippen LogP contribution is -2.58. The molecule has 1 aliphatic heterocycles. The van der Waals surface area contributed by atoms with Crippen LogP contribution in [0.1, 0.15) is 75.7 Å². The Morgan fingerprint density at radius 1 is 0.909 bits per heavy atom. The highest BCUT2D eigenvalue weighted by Crippen LogP contribution is 2.29. The second-order valence-electron chi connectivity index (χ2n) is 11.2. The topological polar surface area (TPSA) is 126 Å². The van der Waals surface area contributed by atoms with Crippen LogP contribution >= 0.6 is 0 Å². The molecule has 4 atom stereocenters. The predicted molar refractivity (Wildman–Crippen MR) is 126 cm³/mol. The van der Waals surface area contributed by atoms with Crippen molar-refractivity contribution in [1.82, 2.24) is 16.0 Å². The van der Waals surface area contributed by atoms with Gasteiger partial charge in [0.15, 0.2) is 5.78 Å². The van der Waals surface area contributed by atoms with Crippen molar-refractivity contribution < 1.29 is 28.7 Å². The minimum absolute atomic E-state index is 0.165. The highest BCUT2D eigenvalue weighted by molar-refractivity contribution is 5.98. The Bertz CT molecular complexity index is 722. The zero-order valence-electron chi connectivity index (χ0n) is 21.8. The summed E-state index contributed by atoms with van der Waals surface area (Å²) in [7, 11) is 0. The molecule has 1 aliphatic rings. The summed E-state index contributed by atoms with van der Waals surface area (Å²) < 4.78 is 10.7. The molecular formula is C24H43N3O6. The molecule has 0 radical (unpaired) electrons. The number of ketones is 1. The number of hydrogen-bond acceptors (Lipinski definition) is 6. The molecule has 3 N–H and O–H groups in total. The third-order valence-corrected chi connectivity index (χ3v) is 5.29. The number of nitrogens with one attached hydrogen (secondary N) is 3. The summed E-state index contributed by atoms with van der Waals surface area (Å²) in [5, 5.41) is 8.10. The first-order valence-corrected chi connectivity index (χ1v) is 11.8. The van der Waals surface area contributed by atoms with Gasteiger partial charge in [0.25, 0.3) is 0 Å². The van der Waals surface area contributed by atoms with E-state index in [4.69, 9.17) is 9.47 Å². The molecule has 0 spiro atoms. The van der Waals surface area contributed by atoms with Crippen LogP contribution in [0.15, 0.2) is 0 Å². The molecule has 9 nitrogen and oxygen atoms in total. The maximum atomic E-state index is 13.1. The minimum Gasteiger partial charge on any atom is -0.458 e. The van der Waals surface area contributed by atoms with Crippen LogP contribution in [0.2, 0.25) is 0 Å². The van der Waals surface area contributed by atoms with Gasteiger partial charge in [-0.25, -0.2) is 9.59 Å². The van der Waals surface area contributed by atoms with Gasteiger partial charge in [-0.05, 0) is 51.9 Å². The molecule has 0 aromatic carbocycles. The van der Waals surface area contributed by atoms with Crippen LogP contribution in [0.5, 0.6) is 0 Å². The Hall–Kier alpha value is -2.16. The molecule has 190 valence electrons. The van der Waals surface area contributed by atoms with Crippen LogP contribution in [-0.4, -0.2) is 59.6 Å². The smallest absolute Gasteiger partial charge is 0.329 e. The molecule has 1 fully saturated rings. The van der Waals surface area contributed by atoms with Gasteiger partial charge in [0.2, 0.25) is 5.91 Å². The van der Waals surface area contributed by atoms with E-state index in [-0.39, 0.29) is 23.5 Å². The van der Waals surface area contributed by atoms with Gasteiger partial charge in [-0.15, -0.1) is 0 Å². The van der Waals surface area contributed by atoms with Gasteiger partial charge >= 0.3 is 12.0 Å². The molecule has 0 aromatic rings. The largest absolute Gasteiger partial charge is 0.458 e. The molecule has 9 heteroatoms. The highest BCUT2D eigenvalue weighted by Gasteiger charge is 2.50. The molecule has 3 amide bonds. The van der Waals surface area contributed by atoms with Crippen molar-refractivity contribution in [1.29, 1.82) is 0 Å². The Morgan fingerprint density at radius 3 is 1.79 bits per heavy atom. The Kier molecular flexibility index (Phi) is 9.90. The molecule has 0 aliphatic carbocycles. The van der Waals surface area contributed by atoms with Gasteiger partial charge in [0.1, 0.15) is 23.3 Å². The van der Waals surface area contributed by atoms with Gasteiger partial charge in [0, 0.05) is 0 Å². The van der Waals surface area contributed by atoms with Gasteiger partial charge in [-0.3, -0.25) is 9.59 Å². The fraction of sp³-hybridized carbons (Fsp3) is 0.833.